The molecular weight excluding hydrogens is 238 g/mol. The molecule has 1 aliphatic carbocycles. The maximum Gasteiger partial charge on any atom is 0.410 e. The van der Waals surface area contributed by atoms with E-state index in [-0.39, 0.29) is 18.9 Å². The molecule has 0 bridgehead atoms. The highest BCUT2D eigenvalue weighted by Gasteiger charge is 2.56. The average molecular weight is 259 g/mol. The van der Waals surface area contributed by atoms with Crippen LogP contribution >= 0.6 is 0 Å². The molecule has 0 aromatic carbocycles. The number of ether oxygens (including phenoxy) is 2. The fraction of sp³-hybridized carbons (Fsp3) is 0.833. The van der Waals surface area contributed by atoms with Crippen LogP contribution in [0.1, 0.15) is 33.6 Å². The third-order valence-corrected chi connectivity index (χ3v) is 3.17. The van der Waals surface area contributed by atoms with Gasteiger partial charge in [0.1, 0.15) is 11.1 Å². The van der Waals surface area contributed by atoms with E-state index in [4.69, 9.17) is 9.47 Å². The summed E-state index contributed by atoms with van der Waals surface area (Å²) < 4.78 is 10.3. The maximum atomic E-state index is 11.9. The highest BCUT2D eigenvalue weighted by Crippen LogP contribution is 2.39. The SMILES string of the molecule is COC1CC(C(=O)O)(N(C)C(=O)OC(C)(C)C)C1. The van der Waals surface area contributed by atoms with Gasteiger partial charge in [-0.3, -0.25) is 4.90 Å². The number of hydrogen-bond acceptors (Lipinski definition) is 4. The predicted octanol–water partition coefficient (Wildman–Crippen LogP) is 1.49. The second-order valence-corrected chi connectivity index (χ2v) is 5.64. The van der Waals surface area contributed by atoms with Gasteiger partial charge >= 0.3 is 12.1 Å². The molecule has 0 spiro atoms. The number of likely N-dealkylation sites (N-methyl/N-ethyl adjacent to an activating group) is 1. The number of methoxy groups -OCH3 is 1. The molecule has 1 rings (SSSR count). The summed E-state index contributed by atoms with van der Waals surface area (Å²) in [5, 5.41) is 9.31. The Bertz CT molecular complexity index is 341. The lowest BCUT2D eigenvalue weighted by Crippen LogP contribution is -2.65. The number of nitrogens with zero attached hydrogens (tertiary/aromatic N) is 1. The van der Waals surface area contributed by atoms with Gasteiger partial charge in [0.25, 0.3) is 0 Å². The van der Waals surface area contributed by atoms with Crippen molar-refractivity contribution in [1.29, 1.82) is 0 Å². The Labute approximate surface area is 107 Å². The number of hydrogen-bond donors (Lipinski definition) is 1. The summed E-state index contributed by atoms with van der Waals surface area (Å²) in [6.07, 6.45) is -0.172. The lowest BCUT2D eigenvalue weighted by atomic mass is 9.73. The van der Waals surface area contributed by atoms with E-state index < -0.39 is 23.2 Å². The first kappa shape index (κ1) is 14.8. The van der Waals surface area contributed by atoms with Crippen molar-refractivity contribution in [2.45, 2.75) is 50.9 Å². The lowest BCUT2D eigenvalue weighted by molar-refractivity contribution is -0.167. The van der Waals surface area contributed by atoms with Crippen molar-refractivity contribution >= 4 is 12.1 Å². The van der Waals surface area contributed by atoms with Crippen LogP contribution in [0.15, 0.2) is 0 Å². The van der Waals surface area contributed by atoms with E-state index in [2.05, 4.69) is 0 Å². The number of carboxylic acids is 1. The van der Waals surface area contributed by atoms with Crippen LogP contribution in [0.25, 0.3) is 0 Å². The fourth-order valence-corrected chi connectivity index (χ4v) is 1.96. The summed E-state index contributed by atoms with van der Waals surface area (Å²) in [6.45, 7) is 5.22. The quantitative estimate of drug-likeness (QED) is 0.831. The van der Waals surface area contributed by atoms with Gasteiger partial charge in [-0.25, -0.2) is 9.59 Å². The van der Waals surface area contributed by atoms with Gasteiger partial charge in [0.2, 0.25) is 0 Å². The van der Waals surface area contributed by atoms with E-state index in [0.717, 1.165) is 4.90 Å². The van der Waals surface area contributed by atoms with Crippen LogP contribution in [0.3, 0.4) is 0 Å². The standard InChI is InChI=1S/C12H21NO5/c1-11(2,3)18-10(16)13(4)12(9(14)15)6-8(7-12)17-5/h8H,6-7H2,1-5H3,(H,14,15). The van der Waals surface area contributed by atoms with Crippen LogP contribution in [-0.4, -0.2) is 53.5 Å². The Hall–Kier alpha value is -1.30. The van der Waals surface area contributed by atoms with Gasteiger partial charge in [-0.15, -0.1) is 0 Å². The summed E-state index contributed by atoms with van der Waals surface area (Å²) in [5.41, 5.74) is -1.85. The fourth-order valence-electron chi connectivity index (χ4n) is 1.96. The zero-order valence-corrected chi connectivity index (χ0v) is 11.5. The molecule has 0 aromatic rings. The Morgan fingerprint density at radius 2 is 1.83 bits per heavy atom. The van der Waals surface area contributed by atoms with E-state index in [1.54, 1.807) is 20.8 Å². The first-order chi connectivity index (χ1) is 8.12. The molecule has 18 heavy (non-hydrogen) atoms. The molecule has 104 valence electrons. The monoisotopic (exact) mass is 259 g/mol. The molecule has 1 N–H and O–H groups in total. The van der Waals surface area contributed by atoms with E-state index in [1.165, 1.54) is 14.2 Å². The van der Waals surface area contributed by atoms with Crippen LogP contribution < -0.4 is 0 Å². The summed E-state index contributed by atoms with van der Waals surface area (Å²) in [7, 11) is 2.98. The summed E-state index contributed by atoms with van der Waals surface area (Å²) in [4.78, 5) is 24.4. The van der Waals surface area contributed by atoms with Crippen molar-refractivity contribution in [2.75, 3.05) is 14.2 Å². The summed E-state index contributed by atoms with van der Waals surface area (Å²) in [6, 6.07) is 0. The molecular formula is C12H21NO5. The van der Waals surface area contributed by atoms with Crippen LogP contribution in [-0.2, 0) is 14.3 Å². The molecule has 6 heteroatoms. The van der Waals surface area contributed by atoms with Gasteiger partial charge in [-0.1, -0.05) is 0 Å². The second-order valence-electron chi connectivity index (χ2n) is 5.64. The molecule has 0 unspecified atom stereocenters. The van der Waals surface area contributed by atoms with Crippen molar-refractivity contribution in [3.63, 3.8) is 0 Å². The molecule has 0 heterocycles. The minimum absolute atomic E-state index is 0.119. The molecule has 0 radical (unpaired) electrons. The molecule has 1 fully saturated rings. The molecule has 6 nitrogen and oxygen atoms in total. The minimum atomic E-state index is -1.21. The van der Waals surface area contributed by atoms with Gasteiger partial charge in [0, 0.05) is 27.0 Å². The van der Waals surface area contributed by atoms with Crippen molar-refractivity contribution in [3.8, 4) is 0 Å². The van der Waals surface area contributed by atoms with Gasteiger partial charge in [0.15, 0.2) is 0 Å². The third kappa shape index (κ3) is 2.75. The number of amides is 1. The highest BCUT2D eigenvalue weighted by molar-refractivity contribution is 5.85. The van der Waals surface area contributed by atoms with Crippen molar-refractivity contribution in [2.24, 2.45) is 0 Å². The van der Waals surface area contributed by atoms with Gasteiger partial charge in [-0.05, 0) is 20.8 Å². The van der Waals surface area contributed by atoms with Crippen molar-refractivity contribution < 1.29 is 24.2 Å². The Kier molecular flexibility index (Phi) is 3.90. The van der Waals surface area contributed by atoms with E-state index in [9.17, 15) is 14.7 Å². The zero-order chi connectivity index (χ0) is 14.1. The number of aliphatic carboxylic acids is 1. The third-order valence-electron chi connectivity index (χ3n) is 3.17. The molecule has 0 atom stereocenters. The first-order valence-electron chi connectivity index (χ1n) is 5.85. The number of carbonyl (C=O) groups is 2. The van der Waals surface area contributed by atoms with Gasteiger partial charge in [0.05, 0.1) is 6.10 Å². The average Bonchev–Trinajstić information content (AvgIpc) is 2.13. The lowest BCUT2D eigenvalue weighted by Gasteiger charge is -2.48. The van der Waals surface area contributed by atoms with Crippen LogP contribution in [0.4, 0.5) is 4.79 Å². The zero-order valence-electron chi connectivity index (χ0n) is 11.5. The number of carbonyl (C=O) groups excluding carboxylic acids is 1. The summed E-state index contributed by atoms with van der Waals surface area (Å²) >= 11 is 0. The number of rotatable bonds is 3. The first-order valence-corrected chi connectivity index (χ1v) is 5.85. The topological polar surface area (TPSA) is 76.1 Å². The molecule has 1 amide bonds. The highest BCUT2D eigenvalue weighted by atomic mass is 16.6. The van der Waals surface area contributed by atoms with E-state index >= 15 is 0 Å². The molecule has 0 aromatic heterocycles. The summed E-state index contributed by atoms with van der Waals surface area (Å²) in [5.74, 6) is -1.02. The largest absolute Gasteiger partial charge is 0.479 e. The van der Waals surface area contributed by atoms with Gasteiger partial charge < -0.3 is 14.6 Å². The molecule has 1 saturated carbocycles. The van der Waals surface area contributed by atoms with Crippen molar-refractivity contribution in [3.05, 3.63) is 0 Å². The smallest absolute Gasteiger partial charge is 0.410 e. The van der Waals surface area contributed by atoms with Gasteiger partial charge in [-0.2, -0.15) is 0 Å². The normalized spacial score (nSPS) is 27.3. The second kappa shape index (κ2) is 4.76. The molecule has 1 aliphatic rings. The van der Waals surface area contributed by atoms with E-state index in [1.807, 2.05) is 0 Å². The Balaban J connectivity index is 2.77. The van der Waals surface area contributed by atoms with Crippen molar-refractivity contribution in [1.82, 2.24) is 4.90 Å². The molecule has 0 aliphatic heterocycles. The number of carboxylic acid groups (broad SMARTS) is 1. The Morgan fingerprint density at radius 3 is 2.17 bits per heavy atom. The van der Waals surface area contributed by atoms with E-state index in [0.29, 0.717) is 0 Å². The minimum Gasteiger partial charge on any atom is -0.479 e. The van der Waals surface area contributed by atoms with Crippen LogP contribution in [0, 0.1) is 0 Å². The van der Waals surface area contributed by atoms with Crippen LogP contribution in [0.5, 0.6) is 0 Å². The molecule has 0 saturated heterocycles. The van der Waals surface area contributed by atoms with Crippen LogP contribution in [0.2, 0.25) is 0 Å². The maximum absolute atomic E-state index is 11.9. The predicted molar refractivity (Wildman–Crippen MR) is 64.4 cm³/mol. The Morgan fingerprint density at radius 1 is 1.33 bits per heavy atom.